The Bertz CT molecular complexity index is 1480. The minimum absolute atomic E-state index is 0.0107. The molecule has 2 aliphatic rings. The largest absolute Gasteiger partial charge is 0.458 e. The fourth-order valence-corrected chi connectivity index (χ4v) is 10.6. The van der Waals surface area contributed by atoms with E-state index in [1.54, 1.807) is 18.4 Å². The number of cyclic esters (lactones) is 1. The van der Waals surface area contributed by atoms with Crippen LogP contribution in [0.2, 0.25) is 36.3 Å². The van der Waals surface area contributed by atoms with Gasteiger partial charge in [-0.05, 0) is 80.0 Å². The number of aromatic nitrogens is 1. The first-order valence-corrected chi connectivity index (χ1v) is 27.7. The van der Waals surface area contributed by atoms with E-state index in [2.05, 4.69) is 119 Å². The van der Waals surface area contributed by atoms with Crippen LogP contribution in [-0.4, -0.2) is 88.9 Å². The number of esters is 1. The molecule has 0 bridgehead atoms. The molecule has 0 saturated carbocycles. The van der Waals surface area contributed by atoms with E-state index >= 15 is 0 Å². The van der Waals surface area contributed by atoms with Crippen LogP contribution in [0, 0.1) is 23.2 Å². The summed E-state index contributed by atoms with van der Waals surface area (Å²) in [6, 6.07) is 0.242. The Morgan fingerprint density at radius 3 is 2.15 bits per heavy atom. The number of methoxy groups -OCH3 is 1. The second kappa shape index (κ2) is 18.4. The summed E-state index contributed by atoms with van der Waals surface area (Å²) in [6.07, 6.45) is 5.69. The van der Waals surface area contributed by atoms with Crippen LogP contribution in [0.3, 0.4) is 0 Å². The van der Waals surface area contributed by atoms with Crippen molar-refractivity contribution >= 4 is 45.8 Å². The molecule has 0 amide bonds. The minimum Gasteiger partial charge on any atom is -0.458 e. The Hall–Kier alpha value is -1.22. The standard InChI is InChI=1S/C44H80N2O6SSi2/c1-30-20-19-22-44(13)36(46(44)23-25-51-55(17,18)42(8,9)10)27-35(52-39(47)28-37(49-14)43(11,12)40(48)33(4)32(30)3)31(2)26-34-29-53-38(45-34)21-24-50-54(15,16)41(5,6)7/h26,29-30,32-33,35-37H,19-25,27-28H2,1-18H3/b31-26+/t30-,32-,33+,35-,36-,37-,44+,46?/m0/s1. The van der Waals surface area contributed by atoms with Gasteiger partial charge in [-0.1, -0.05) is 89.0 Å². The summed E-state index contributed by atoms with van der Waals surface area (Å²) >= 11 is 1.65. The number of rotatable bonds is 11. The first kappa shape index (κ1) is 48.2. The minimum atomic E-state index is -1.90. The van der Waals surface area contributed by atoms with E-state index in [0.717, 1.165) is 48.5 Å². The van der Waals surface area contributed by atoms with E-state index in [9.17, 15) is 9.59 Å². The van der Waals surface area contributed by atoms with Gasteiger partial charge in [-0.25, -0.2) is 4.98 Å². The molecule has 1 unspecified atom stereocenters. The zero-order chi connectivity index (χ0) is 41.9. The number of fused-ring (bicyclic) bond motifs is 1. The molecular formula is C44H80N2O6SSi2. The van der Waals surface area contributed by atoms with E-state index in [4.69, 9.17) is 23.3 Å². The highest BCUT2D eigenvalue weighted by Crippen LogP contribution is 2.49. The lowest BCUT2D eigenvalue weighted by Crippen LogP contribution is -2.45. The first-order valence-electron chi connectivity index (χ1n) is 21.0. The lowest BCUT2D eigenvalue weighted by atomic mass is 9.70. The molecule has 8 atom stereocenters. The zero-order valence-electron chi connectivity index (χ0n) is 38.2. The average Bonchev–Trinajstić information content (AvgIpc) is 3.34. The van der Waals surface area contributed by atoms with Crippen molar-refractivity contribution in [2.24, 2.45) is 23.2 Å². The highest BCUT2D eigenvalue weighted by molar-refractivity contribution is 7.09. The van der Waals surface area contributed by atoms with Gasteiger partial charge in [0.15, 0.2) is 16.6 Å². The molecule has 1 aromatic rings. The molecule has 0 aliphatic carbocycles. The number of Topliss-reactive ketones (excluding diaryl/α,β-unsaturated/α-hetero) is 1. The molecule has 2 fully saturated rings. The monoisotopic (exact) mass is 821 g/mol. The van der Waals surface area contributed by atoms with Gasteiger partial charge in [-0.3, -0.25) is 14.5 Å². The quantitative estimate of drug-likeness (QED) is 0.124. The zero-order valence-corrected chi connectivity index (χ0v) is 41.1. The molecule has 3 rings (SSSR count). The molecule has 0 radical (unpaired) electrons. The second-order valence-electron chi connectivity index (χ2n) is 20.8. The maximum absolute atomic E-state index is 14.0. The third-order valence-electron chi connectivity index (χ3n) is 14.6. The molecule has 316 valence electrons. The Kier molecular flexibility index (Phi) is 16.1. The van der Waals surface area contributed by atoms with E-state index in [1.807, 2.05) is 13.8 Å². The summed E-state index contributed by atoms with van der Waals surface area (Å²) in [5.41, 5.74) is 0.971. The van der Waals surface area contributed by atoms with Crippen LogP contribution in [0.15, 0.2) is 11.0 Å². The van der Waals surface area contributed by atoms with Crippen LogP contribution in [-0.2, 0) is 34.3 Å². The Balaban J connectivity index is 1.94. The smallest absolute Gasteiger partial charge is 0.309 e. The van der Waals surface area contributed by atoms with Crippen LogP contribution in [0.4, 0.5) is 0 Å². The lowest BCUT2D eigenvalue weighted by molar-refractivity contribution is -0.155. The van der Waals surface area contributed by atoms with Crippen LogP contribution in [0.1, 0.15) is 133 Å². The van der Waals surface area contributed by atoms with E-state index in [1.165, 1.54) is 0 Å². The van der Waals surface area contributed by atoms with Gasteiger partial charge in [-0.15, -0.1) is 11.3 Å². The lowest BCUT2D eigenvalue weighted by Gasteiger charge is -2.36. The Labute approximate surface area is 342 Å². The van der Waals surface area contributed by atoms with Gasteiger partial charge in [0.05, 0.1) is 28.6 Å². The third kappa shape index (κ3) is 11.9. The fraction of sp³-hybridized carbons (Fsp3) is 0.841. The molecule has 8 nitrogen and oxygen atoms in total. The molecule has 2 aliphatic heterocycles. The number of hydrogen-bond donors (Lipinski definition) is 0. The number of carbonyl (C=O) groups is 2. The van der Waals surface area contributed by atoms with Gasteiger partial charge >= 0.3 is 5.97 Å². The normalized spacial score (nSPS) is 30.9. The van der Waals surface area contributed by atoms with Gasteiger partial charge < -0.3 is 18.3 Å². The summed E-state index contributed by atoms with van der Waals surface area (Å²) in [6.45, 7) is 39.9. The molecule has 0 N–H and O–H groups in total. The van der Waals surface area contributed by atoms with Crippen molar-refractivity contribution < 1.29 is 27.9 Å². The van der Waals surface area contributed by atoms with Crippen molar-refractivity contribution in [3.8, 4) is 0 Å². The van der Waals surface area contributed by atoms with Crippen LogP contribution in [0.5, 0.6) is 0 Å². The van der Waals surface area contributed by atoms with Gasteiger partial charge in [0.25, 0.3) is 0 Å². The highest BCUT2D eigenvalue weighted by Gasteiger charge is 2.58. The van der Waals surface area contributed by atoms with Gasteiger partial charge in [0, 0.05) is 62.6 Å². The van der Waals surface area contributed by atoms with Gasteiger partial charge in [0.1, 0.15) is 11.9 Å². The molecular weight excluding hydrogens is 741 g/mol. The van der Waals surface area contributed by atoms with Crippen LogP contribution < -0.4 is 0 Å². The maximum atomic E-state index is 14.0. The summed E-state index contributed by atoms with van der Waals surface area (Å²) in [5.74, 6) is 0.254. The van der Waals surface area contributed by atoms with Gasteiger partial charge in [-0.2, -0.15) is 0 Å². The number of ketones is 1. The molecule has 1 aromatic heterocycles. The summed E-state index contributed by atoms with van der Waals surface area (Å²) in [4.78, 5) is 35.5. The summed E-state index contributed by atoms with van der Waals surface area (Å²) < 4.78 is 25.5. The molecule has 2 saturated heterocycles. The van der Waals surface area contributed by atoms with Gasteiger partial charge in [0.2, 0.25) is 0 Å². The SMILES string of the molecule is CO[C@H]1CC(=O)O[C@H](/C(C)=C/c2csc(CCO[Si](C)(C)C(C)(C)C)n2)C[C@@H]2N(CCO[Si](C)(C)C(C)(C)C)[C@]2(C)CCC[C@H](C)[C@H](C)[C@@H](C)C(=O)C1(C)C. The number of nitrogens with zero attached hydrogens (tertiary/aromatic N) is 2. The number of carbonyl (C=O) groups excluding carboxylic acids is 2. The van der Waals surface area contributed by atoms with Crippen molar-refractivity contribution in [2.45, 2.75) is 189 Å². The second-order valence-corrected chi connectivity index (χ2v) is 31.4. The van der Waals surface area contributed by atoms with Crippen molar-refractivity contribution in [3.63, 3.8) is 0 Å². The topological polar surface area (TPSA) is 87.0 Å². The van der Waals surface area contributed by atoms with E-state index < -0.39 is 34.3 Å². The van der Waals surface area contributed by atoms with Crippen LogP contribution in [0.25, 0.3) is 6.08 Å². The van der Waals surface area contributed by atoms with Crippen molar-refractivity contribution in [2.75, 3.05) is 26.9 Å². The molecule has 55 heavy (non-hydrogen) atoms. The molecule has 11 heteroatoms. The average molecular weight is 821 g/mol. The van der Waals surface area contributed by atoms with Crippen LogP contribution >= 0.6 is 11.3 Å². The van der Waals surface area contributed by atoms with E-state index in [-0.39, 0.29) is 51.7 Å². The number of thiazole rings is 1. The van der Waals surface area contributed by atoms with Crippen molar-refractivity contribution in [1.29, 1.82) is 0 Å². The maximum Gasteiger partial charge on any atom is 0.309 e. The summed E-state index contributed by atoms with van der Waals surface area (Å²) in [5, 5.41) is 3.44. The molecule has 3 heterocycles. The van der Waals surface area contributed by atoms with E-state index in [0.29, 0.717) is 25.6 Å². The fourth-order valence-electron chi connectivity index (χ4n) is 7.78. The Morgan fingerprint density at radius 1 is 1.00 bits per heavy atom. The first-order chi connectivity index (χ1) is 25.1. The third-order valence-corrected chi connectivity index (χ3v) is 24.6. The number of ether oxygens (including phenoxy) is 2. The summed E-state index contributed by atoms with van der Waals surface area (Å²) in [7, 11) is -2.14. The predicted molar refractivity (Wildman–Crippen MR) is 235 cm³/mol. The Morgan fingerprint density at radius 2 is 1.58 bits per heavy atom. The van der Waals surface area contributed by atoms with Crippen molar-refractivity contribution in [1.82, 2.24) is 9.88 Å². The molecule has 0 spiro atoms. The number of hydrogen-bond acceptors (Lipinski definition) is 9. The highest BCUT2D eigenvalue weighted by atomic mass is 32.1. The van der Waals surface area contributed by atoms with Crippen molar-refractivity contribution in [3.05, 3.63) is 21.7 Å². The predicted octanol–water partition coefficient (Wildman–Crippen LogP) is 11.0. The molecule has 0 aromatic carbocycles.